The largest absolute Gasteiger partial charge is 0.508 e. The van der Waals surface area contributed by atoms with Crippen molar-refractivity contribution in [1.29, 1.82) is 0 Å². The van der Waals surface area contributed by atoms with E-state index >= 15 is 0 Å². The van der Waals surface area contributed by atoms with Crippen LogP contribution in [-0.2, 0) is 20.7 Å². The SMILES string of the molecule is C=Cc1cccc(C(C(=O)NCCCCC)N(C(=O)C(Cc2ccc(O)cc2)NC(=O)OC(C)(C)C)C2CCC2)c1. The molecule has 0 aliphatic heterocycles. The summed E-state index contributed by atoms with van der Waals surface area (Å²) in [6.45, 7) is 11.8. The van der Waals surface area contributed by atoms with Gasteiger partial charge in [-0.3, -0.25) is 9.59 Å². The third-order valence-electron chi connectivity index (χ3n) is 7.16. The number of benzene rings is 2. The molecule has 222 valence electrons. The average Bonchev–Trinajstić information content (AvgIpc) is 2.89. The molecule has 1 aliphatic carbocycles. The zero-order valence-corrected chi connectivity index (χ0v) is 24.8. The van der Waals surface area contributed by atoms with Crippen molar-refractivity contribution in [1.82, 2.24) is 15.5 Å². The molecule has 3 N–H and O–H groups in total. The fourth-order valence-corrected chi connectivity index (χ4v) is 4.86. The molecule has 0 spiro atoms. The minimum absolute atomic E-state index is 0.106. The molecule has 1 saturated carbocycles. The second kappa shape index (κ2) is 14.7. The molecule has 2 aromatic carbocycles. The van der Waals surface area contributed by atoms with Gasteiger partial charge in [-0.1, -0.05) is 62.8 Å². The zero-order chi connectivity index (χ0) is 30.0. The minimum Gasteiger partial charge on any atom is -0.508 e. The highest BCUT2D eigenvalue weighted by Gasteiger charge is 2.42. The molecule has 2 aromatic rings. The third kappa shape index (κ3) is 9.37. The quantitative estimate of drug-likeness (QED) is 0.263. The maximum absolute atomic E-state index is 14.5. The second-order valence-electron chi connectivity index (χ2n) is 11.7. The van der Waals surface area contributed by atoms with Gasteiger partial charge in [0.05, 0.1) is 0 Å². The van der Waals surface area contributed by atoms with E-state index in [2.05, 4.69) is 24.1 Å². The molecule has 3 rings (SSSR count). The number of phenolic OH excluding ortho intramolecular Hbond substituents is 1. The second-order valence-corrected chi connectivity index (χ2v) is 11.7. The molecule has 0 aromatic heterocycles. The monoisotopic (exact) mass is 563 g/mol. The summed E-state index contributed by atoms with van der Waals surface area (Å²) in [5.74, 6) is -0.496. The van der Waals surface area contributed by atoms with E-state index in [4.69, 9.17) is 4.74 Å². The van der Waals surface area contributed by atoms with E-state index in [1.165, 1.54) is 0 Å². The summed E-state index contributed by atoms with van der Waals surface area (Å²) >= 11 is 0. The Morgan fingerprint density at radius 1 is 1.12 bits per heavy atom. The first-order chi connectivity index (χ1) is 19.5. The van der Waals surface area contributed by atoms with Gasteiger partial charge in [0.2, 0.25) is 11.8 Å². The minimum atomic E-state index is -0.993. The Morgan fingerprint density at radius 3 is 2.41 bits per heavy atom. The number of hydrogen-bond donors (Lipinski definition) is 3. The number of aromatic hydroxyl groups is 1. The molecule has 0 saturated heterocycles. The van der Waals surface area contributed by atoms with Gasteiger partial charge in [-0.15, -0.1) is 0 Å². The van der Waals surface area contributed by atoms with E-state index in [-0.39, 0.29) is 30.0 Å². The fraction of sp³-hybridized carbons (Fsp3) is 0.485. The van der Waals surface area contributed by atoms with Crippen molar-refractivity contribution in [3.05, 3.63) is 71.8 Å². The molecule has 8 nitrogen and oxygen atoms in total. The van der Waals surface area contributed by atoms with Crippen LogP contribution in [0.2, 0.25) is 0 Å². The van der Waals surface area contributed by atoms with Gasteiger partial charge >= 0.3 is 6.09 Å². The van der Waals surface area contributed by atoms with Crippen molar-refractivity contribution in [3.8, 4) is 5.75 Å². The summed E-state index contributed by atoms with van der Waals surface area (Å²) in [7, 11) is 0. The molecule has 1 aliphatic rings. The number of carbonyl (C=O) groups excluding carboxylic acids is 3. The van der Waals surface area contributed by atoms with Crippen LogP contribution in [-0.4, -0.2) is 52.1 Å². The van der Waals surface area contributed by atoms with E-state index < -0.39 is 23.8 Å². The molecule has 41 heavy (non-hydrogen) atoms. The maximum Gasteiger partial charge on any atom is 0.408 e. The van der Waals surface area contributed by atoms with Gasteiger partial charge in [-0.25, -0.2) is 4.79 Å². The van der Waals surface area contributed by atoms with Crippen LogP contribution in [0.1, 0.15) is 89.0 Å². The topological polar surface area (TPSA) is 108 Å². The fourth-order valence-electron chi connectivity index (χ4n) is 4.86. The Labute approximate surface area is 244 Å². The summed E-state index contributed by atoms with van der Waals surface area (Å²) in [5, 5.41) is 15.6. The number of nitrogens with one attached hydrogen (secondary N) is 2. The van der Waals surface area contributed by atoms with E-state index in [0.717, 1.165) is 49.7 Å². The zero-order valence-electron chi connectivity index (χ0n) is 24.8. The summed E-state index contributed by atoms with van der Waals surface area (Å²) in [5.41, 5.74) is 1.53. The number of unbranched alkanes of at least 4 members (excludes halogenated alkanes) is 2. The van der Waals surface area contributed by atoms with Crippen LogP contribution in [0.25, 0.3) is 6.08 Å². The van der Waals surface area contributed by atoms with E-state index in [0.29, 0.717) is 12.1 Å². The van der Waals surface area contributed by atoms with Gasteiger partial charge in [0.1, 0.15) is 23.4 Å². The Bertz CT molecular complexity index is 1180. The summed E-state index contributed by atoms with van der Waals surface area (Å²) in [6, 6.07) is 12.0. The first-order valence-electron chi connectivity index (χ1n) is 14.6. The normalized spacial score (nSPS) is 14.7. The van der Waals surface area contributed by atoms with Crippen LogP contribution < -0.4 is 10.6 Å². The number of rotatable bonds is 13. The smallest absolute Gasteiger partial charge is 0.408 e. The molecule has 1 fully saturated rings. The molecule has 0 heterocycles. The first-order valence-corrected chi connectivity index (χ1v) is 14.6. The van der Waals surface area contributed by atoms with Crippen molar-refractivity contribution in [3.63, 3.8) is 0 Å². The average molecular weight is 564 g/mol. The number of carbonyl (C=O) groups is 3. The number of phenols is 1. The van der Waals surface area contributed by atoms with Gasteiger partial charge in [0.25, 0.3) is 0 Å². The van der Waals surface area contributed by atoms with Crippen LogP contribution in [0.4, 0.5) is 4.79 Å². The van der Waals surface area contributed by atoms with Crippen LogP contribution in [0.15, 0.2) is 55.1 Å². The van der Waals surface area contributed by atoms with Gasteiger partial charge in [0, 0.05) is 19.0 Å². The highest BCUT2D eigenvalue weighted by atomic mass is 16.6. The lowest BCUT2D eigenvalue weighted by Gasteiger charge is -2.43. The van der Waals surface area contributed by atoms with Crippen LogP contribution in [0, 0.1) is 0 Å². The predicted octanol–water partition coefficient (Wildman–Crippen LogP) is 5.90. The number of ether oxygens (including phenoxy) is 1. The van der Waals surface area contributed by atoms with E-state index in [9.17, 15) is 19.5 Å². The lowest BCUT2D eigenvalue weighted by atomic mass is 9.87. The number of hydrogen-bond acceptors (Lipinski definition) is 5. The molecular formula is C33H45N3O5. The van der Waals surface area contributed by atoms with Crippen LogP contribution in [0.5, 0.6) is 5.75 Å². The lowest BCUT2D eigenvalue weighted by molar-refractivity contribution is -0.147. The lowest BCUT2D eigenvalue weighted by Crippen LogP contribution is -2.58. The van der Waals surface area contributed by atoms with Crippen molar-refractivity contribution in [2.45, 2.75) is 96.4 Å². The molecule has 2 atom stereocenters. The maximum atomic E-state index is 14.5. The summed E-state index contributed by atoms with van der Waals surface area (Å²) in [6.07, 6.45) is 6.54. The van der Waals surface area contributed by atoms with Crippen molar-refractivity contribution in [2.75, 3.05) is 6.54 Å². The van der Waals surface area contributed by atoms with Crippen molar-refractivity contribution < 1.29 is 24.2 Å². The van der Waals surface area contributed by atoms with Gasteiger partial charge < -0.3 is 25.4 Å². The van der Waals surface area contributed by atoms with Crippen molar-refractivity contribution in [2.24, 2.45) is 0 Å². The highest BCUT2D eigenvalue weighted by Crippen LogP contribution is 2.34. The summed E-state index contributed by atoms with van der Waals surface area (Å²) in [4.78, 5) is 43.0. The van der Waals surface area contributed by atoms with Gasteiger partial charge in [-0.2, -0.15) is 0 Å². The molecular weight excluding hydrogens is 518 g/mol. The first kappa shape index (κ1) is 31.7. The number of nitrogens with zero attached hydrogens (tertiary/aromatic N) is 1. The van der Waals surface area contributed by atoms with E-state index in [1.54, 1.807) is 56.0 Å². The number of amides is 3. The van der Waals surface area contributed by atoms with Crippen LogP contribution in [0.3, 0.4) is 0 Å². The molecule has 0 bridgehead atoms. The van der Waals surface area contributed by atoms with Crippen molar-refractivity contribution >= 4 is 24.0 Å². The molecule has 2 unspecified atom stereocenters. The Kier molecular flexibility index (Phi) is 11.4. The van der Waals surface area contributed by atoms with Gasteiger partial charge in [-0.05, 0) is 81.3 Å². The third-order valence-corrected chi connectivity index (χ3v) is 7.16. The molecule has 0 radical (unpaired) electrons. The van der Waals surface area contributed by atoms with Crippen LogP contribution >= 0.6 is 0 Å². The standard InChI is InChI=1S/C33H45N3O5/c1-6-8-9-20-34-30(38)29(25-13-10-12-23(7-2)21-25)36(26-14-11-15-26)31(39)28(35-32(40)41-33(3,4)5)22-24-16-18-27(37)19-17-24/h7,10,12-13,16-19,21,26,28-29,37H,2,6,8-9,11,14-15,20,22H2,1,3-5H3,(H,34,38)(H,35,40). The Balaban J connectivity index is 2.02. The molecule has 3 amide bonds. The Hall–Kier alpha value is -3.81. The predicted molar refractivity (Wildman–Crippen MR) is 161 cm³/mol. The molecule has 8 heteroatoms. The summed E-state index contributed by atoms with van der Waals surface area (Å²) < 4.78 is 5.50. The Morgan fingerprint density at radius 2 is 1.83 bits per heavy atom. The number of alkyl carbamates (subject to hydrolysis) is 1. The van der Waals surface area contributed by atoms with E-state index in [1.807, 2.05) is 24.3 Å². The van der Waals surface area contributed by atoms with Gasteiger partial charge in [0.15, 0.2) is 0 Å². The highest BCUT2D eigenvalue weighted by molar-refractivity contribution is 5.92.